The van der Waals surface area contributed by atoms with Crippen molar-refractivity contribution in [2.75, 3.05) is 18.8 Å². The van der Waals surface area contributed by atoms with Gasteiger partial charge in [0.2, 0.25) is 0 Å². The van der Waals surface area contributed by atoms with Gasteiger partial charge in [-0.15, -0.1) is 12.4 Å². The Kier molecular flexibility index (Phi) is 6.93. The lowest BCUT2D eigenvalue weighted by Gasteiger charge is -2.19. The predicted molar refractivity (Wildman–Crippen MR) is 120 cm³/mol. The highest BCUT2D eigenvalue weighted by Gasteiger charge is 2.52. The van der Waals surface area contributed by atoms with Crippen LogP contribution in [0.1, 0.15) is 33.7 Å². The number of hydrogen-bond acceptors (Lipinski definition) is 6. The molecule has 1 aromatic heterocycles. The van der Waals surface area contributed by atoms with Crippen molar-refractivity contribution in [2.45, 2.75) is 37.5 Å². The number of hydrogen-bond donors (Lipinski definition) is 1. The Morgan fingerprint density at radius 2 is 1.90 bits per heavy atom. The second-order valence-electron chi connectivity index (χ2n) is 8.30. The first-order chi connectivity index (χ1) is 14.3. The van der Waals surface area contributed by atoms with E-state index >= 15 is 0 Å². The zero-order chi connectivity index (χ0) is 21.5. The number of amides is 1. The van der Waals surface area contributed by atoms with Crippen LogP contribution in [-0.4, -0.2) is 49.4 Å². The van der Waals surface area contributed by atoms with Crippen LogP contribution in [0, 0.1) is 12.8 Å². The van der Waals surface area contributed by atoms with Crippen LogP contribution in [0.4, 0.5) is 0 Å². The molecule has 0 aliphatic carbocycles. The molecule has 1 aromatic carbocycles. The van der Waals surface area contributed by atoms with Gasteiger partial charge in [-0.05, 0) is 37.0 Å². The summed E-state index contributed by atoms with van der Waals surface area (Å²) in [5.41, 5.74) is 7.05. The summed E-state index contributed by atoms with van der Waals surface area (Å²) in [5.74, 6) is -0.242. The lowest BCUT2D eigenvalue weighted by molar-refractivity contribution is 0.0780. The van der Waals surface area contributed by atoms with Crippen LogP contribution in [0.5, 0.6) is 0 Å². The number of fused-ring (bicyclic) bond motifs is 1. The molecule has 0 saturated carbocycles. The van der Waals surface area contributed by atoms with Crippen molar-refractivity contribution in [1.29, 1.82) is 0 Å². The van der Waals surface area contributed by atoms with Gasteiger partial charge in [0, 0.05) is 31.5 Å². The van der Waals surface area contributed by atoms with E-state index in [1.54, 1.807) is 13.0 Å². The molecule has 0 bridgehead atoms. The summed E-state index contributed by atoms with van der Waals surface area (Å²) in [6.07, 6.45) is 2.29. The molecule has 2 N–H and O–H groups in total. The quantitative estimate of drug-likeness (QED) is 0.718. The second kappa shape index (κ2) is 9.14. The summed E-state index contributed by atoms with van der Waals surface area (Å²) in [5, 5.41) is -0.638. The summed E-state index contributed by atoms with van der Waals surface area (Å²) in [4.78, 5) is 27.0. The topological polar surface area (TPSA) is 111 Å². The second-order valence-corrected chi connectivity index (χ2v) is 10.6. The molecule has 2 aliphatic heterocycles. The molecule has 7 nitrogen and oxygen atoms in total. The number of sulfone groups is 1. The number of nitrogens with zero attached hydrogens (tertiary/aromatic N) is 1. The first-order valence-electron chi connectivity index (χ1n) is 10.2. The van der Waals surface area contributed by atoms with E-state index in [2.05, 4.69) is 12.1 Å². The van der Waals surface area contributed by atoms with E-state index < -0.39 is 32.7 Å². The zero-order valence-corrected chi connectivity index (χ0v) is 19.0. The zero-order valence-electron chi connectivity index (χ0n) is 17.3. The van der Waals surface area contributed by atoms with Crippen LogP contribution < -0.4 is 11.4 Å². The summed E-state index contributed by atoms with van der Waals surface area (Å²) in [7, 11) is -3.30. The molecule has 0 radical (unpaired) electrons. The van der Waals surface area contributed by atoms with Gasteiger partial charge in [0.25, 0.3) is 5.91 Å². The average Bonchev–Trinajstić information content (AvgIpc) is 3.22. The molecule has 0 spiro atoms. The van der Waals surface area contributed by atoms with Gasteiger partial charge in [-0.1, -0.05) is 30.3 Å². The van der Waals surface area contributed by atoms with Crippen LogP contribution in [0.15, 0.2) is 45.6 Å². The summed E-state index contributed by atoms with van der Waals surface area (Å²) >= 11 is 0. The van der Waals surface area contributed by atoms with Crippen LogP contribution in [0.25, 0.3) is 0 Å². The monoisotopic (exact) mass is 466 g/mol. The first kappa shape index (κ1) is 23.5. The average molecular weight is 467 g/mol. The lowest BCUT2D eigenvalue weighted by atomic mass is 10.0. The Labute approximate surface area is 187 Å². The third-order valence-electron chi connectivity index (χ3n) is 6.18. The minimum atomic E-state index is -3.30. The standard InChI is InChI=1S/C22H26N2O5S.ClH/c1-14-10-16(9-5-8-15-6-3-2-4-7-15)29-22(26)20(14)21(25)24-11-17-18(23)13-30(27,28)19(17)12-24;/h2-4,6-7,10,17-19H,5,8-9,11-13,23H2,1H3;1H/t17-,18+,19-;/m0./s1. The minimum Gasteiger partial charge on any atom is -0.427 e. The number of benzene rings is 1. The molecule has 0 unspecified atom stereocenters. The molecule has 2 saturated heterocycles. The van der Waals surface area contributed by atoms with E-state index in [0.717, 1.165) is 12.8 Å². The van der Waals surface area contributed by atoms with Crippen molar-refractivity contribution in [1.82, 2.24) is 4.90 Å². The van der Waals surface area contributed by atoms with E-state index in [0.29, 0.717) is 17.7 Å². The van der Waals surface area contributed by atoms with Crippen molar-refractivity contribution in [3.05, 3.63) is 69.3 Å². The number of rotatable bonds is 5. The van der Waals surface area contributed by atoms with Gasteiger partial charge in [-0.2, -0.15) is 0 Å². The molecule has 2 fully saturated rings. The van der Waals surface area contributed by atoms with Gasteiger partial charge >= 0.3 is 5.63 Å². The van der Waals surface area contributed by atoms with E-state index in [-0.39, 0.29) is 42.7 Å². The summed E-state index contributed by atoms with van der Waals surface area (Å²) in [6.45, 7) is 2.04. The predicted octanol–water partition coefficient (Wildman–Crippen LogP) is 1.74. The maximum atomic E-state index is 13.0. The highest BCUT2D eigenvalue weighted by atomic mass is 35.5. The molecule has 3 atom stereocenters. The highest BCUT2D eigenvalue weighted by molar-refractivity contribution is 7.92. The fourth-order valence-corrected chi connectivity index (χ4v) is 6.85. The molecule has 4 rings (SSSR count). The Bertz CT molecular complexity index is 1120. The third kappa shape index (κ3) is 4.71. The van der Waals surface area contributed by atoms with Crippen molar-refractivity contribution in [2.24, 2.45) is 11.7 Å². The first-order valence-corrected chi connectivity index (χ1v) is 11.9. The Hall–Kier alpha value is -2.16. The van der Waals surface area contributed by atoms with Gasteiger partial charge in [0.05, 0.1) is 11.0 Å². The van der Waals surface area contributed by atoms with Gasteiger partial charge in [-0.25, -0.2) is 13.2 Å². The van der Waals surface area contributed by atoms with Gasteiger partial charge in [-0.3, -0.25) is 4.79 Å². The lowest BCUT2D eigenvalue weighted by Crippen LogP contribution is -2.37. The van der Waals surface area contributed by atoms with Gasteiger partial charge in [0.15, 0.2) is 9.84 Å². The summed E-state index contributed by atoms with van der Waals surface area (Å²) in [6, 6.07) is 11.3. The molecule has 2 aliphatic rings. The molecule has 3 heterocycles. The smallest absolute Gasteiger partial charge is 0.349 e. The maximum absolute atomic E-state index is 13.0. The fourth-order valence-electron chi connectivity index (χ4n) is 4.59. The van der Waals surface area contributed by atoms with Crippen LogP contribution >= 0.6 is 12.4 Å². The van der Waals surface area contributed by atoms with Crippen molar-refractivity contribution >= 4 is 28.2 Å². The largest absolute Gasteiger partial charge is 0.427 e. The van der Waals surface area contributed by atoms with Crippen molar-refractivity contribution in [3.8, 4) is 0 Å². The van der Waals surface area contributed by atoms with E-state index in [9.17, 15) is 18.0 Å². The van der Waals surface area contributed by atoms with Gasteiger partial charge < -0.3 is 15.1 Å². The van der Waals surface area contributed by atoms with Crippen LogP contribution in [-0.2, 0) is 22.7 Å². The third-order valence-corrected chi connectivity index (χ3v) is 8.45. The van der Waals surface area contributed by atoms with E-state index in [1.807, 2.05) is 18.2 Å². The number of likely N-dealkylation sites (tertiary alicyclic amines) is 1. The SMILES string of the molecule is Cc1cc(CCCc2ccccc2)oc(=O)c1C(=O)N1C[C@H]2[C@H](N)CS(=O)(=O)[C@H]2C1.Cl. The highest BCUT2D eigenvalue weighted by Crippen LogP contribution is 2.33. The maximum Gasteiger partial charge on any atom is 0.349 e. The van der Waals surface area contributed by atoms with E-state index in [4.69, 9.17) is 10.2 Å². The number of carbonyl (C=O) groups is 1. The minimum absolute atomic E-state index is 0. The van der Waals surface area contributed by atoms with Crippen LogP contribution in [0.3, 0.4) is 0 Å². The fraction of sp³-hybridized carbons (Fsp3) is 0.455. The Morgan fingerprint density at radius 1 is 1.19 bits per heavy atom. The number of aryl methyl sites for hydroxylation is 3. The molecule has 2 aromatic rings. The molecule has 168 valence electrons. The molecule has 9 heteroatoms. The molecular weight excluding hydrogens is 440 g/mol. The molecule has 31 heavy (non-hydrogen) atoms. The Balaban J connectivity index is 0.00000272. The van der Waals surface area contributed by atoms with Crippen molar-refractivity contribution < 1.29 is 17.6 Å². The number of carbonyl (C=O) groups excluding carboxylic acids is 1. The normalized spacial score (nSPS) is 23.9. The summed E-state index contributed by atoms with van der Waals surface area (Å²) < 4.78 is 29.9. The van der Waals surface area contributed by atoms with E-state index in [1.165, 1.54) is 10.5 Å². The number of nitrogens with two attached hydrogens (primary N) is 1. The molecular formula is C22H27ClN2O5S. The Morgan fingerprint density at radius 3 is 2.55 bits per heavy atom. The van der Waals surface area contributed by atoms with Crippen molar-refractivity contribution in [3.63, 3.8) is 0 Å². The number of halogens is 1. The van der Waals surface area contributed by atoms with Gasteiger partial charge in [0.1, 0.15) is 11.3 Å². The van der Waals surface area contributed by atoms with Crippen LogP contribution in [0.2, 0.25) is 0 Å². The molecule has 1 amide bonds.